The van der Waals surface area contributed by atoms with Crippen LogP contribution in [0.2, 0.25) is 0 Å². The van der Waals surface area contributed by atoms with E-state index >= 15 is 0 Å². The van der Waals surface area contributed by atoms with Crippen molar-refractivity contribution in [3.63, 3.8) is 0 Å². The average Bonchev–Trinajstić information content (AvgIpc) is 3.18. The number of rotatable bonds is 7. The molecular formula is C19H22N4O4. The smallest absolute Gasteiger partial charge is 0.325 e. The molecule has 27 heavy (non-hydrogen) atoms. The van der Waals surface area contributed by atoms with E-state index in [0.29, 0.717) is 12.3 Å². The molecule has 8 nitrogen and oxygen atoms in total. The van der Waals surface area contributed by atoms with Crippen LogP contribution in [0.1, 0.15) is 17.7 Å². The van der Waals surface area contributed by atoms with Crippen molar-refractivity contribution in [2.24, 2.45) is 7.05 Å². The number of methoxy groups -OCH3 is 1. The molecule has 1 fully saturated rings. The monoisotopic (exact) mass is 370 g/mol. The molecule has 1 saturated heterocycles. The Morgan fingerprint density at radius 3 is 2.59 bits per heavy atom. The number of carbonyl (C=O) groups excluding carboxylic acids is 3. The van der Waals surface area contributed by atoms with E-state index in [1.165, 1.54) is 0 Å². The molecule has 0 aliphatic carbocycles. The highest BCUT2D eigenvalue weighted by molar-refractivity contribution is 6.05. The number of benzene rings is 1. The van der Waals surface area contributed by atoms with Gasteiger partial charge in [0.05, 0.1) is 26.6 Å². The van der Waals surface area contributed by atoms with Crippen LogP contribution >= 0.6 is 0 Å². The van der Waals surface area contributed by atoms with E-state index in [9.17, 15) is 14.4 Å². The average molecular weight is 370 g/mol. The first-order valence-corrected chi connectivity index (χ1v) is 8.59. The van der Waals surface area contributed by atoms with Crippen molar-refractivity contribution in [2.45, 2.75) is 25.6 Å². The second kappa shape index (κ2) is 7.94. The van der Waals surface area contributed by atoms with Crippen molar-refractivity contribution in [3.05, 3.63) is 53.9 Å². The van der Waals surface area contributed by atoms with Gasteiger partial charge in [-0.3, -0.25) is 14.5 Å². The summed E-state index contributed by atoms with van der Waals surface area (Å²) in [6.45, 7) is 0.517. The van der Waals surface area contributed by atoms with Crippen LogP contribution in [-0.2, 0) is 29.7 Å². The van der Waals surface area contributed by atoms with Crippen molar-refractivity contribution in [1.82, 2.24) is 20.1 Å². The Hall–Kier alpha value is -3.29. The Balaban J connectivity index is 1.55. The molecule has 0 spiro atoms. The van der Waals surface area contributed by atoms with Gasteiger partial charge >= 0.3 is 6.03 Å². The van der Waals surface area contributed by atoms with Crippen LogP contribution in [0.15, 0.2) is 42.6 Å². The molecule has 0 unspecified atom stereocenters. The summed E-state index contributed by atoms with van der Waals surface area (Å²) in [6.07, 6.45) is 1.80. The normalized spacial score (nSPS) is 16.4. The van der Waals surface area contributed by atoms with Crippen LogP contribution in [-0.4, -0.2) is 40.5 Å². The van der Waals surface area contributed by atoms with Gasteiger partial charge in [-0.15, -0.1) is 0 Å². The maximum atomic E-state index is 12.5. The van der Waals surface area contributed by atoms with Crippen molar-refractivity contribution in [1.29, 1.82) is 0 Å². The first-order chi connectivity index (χ1) is 13.0. The minimum atomic E-state index is -0.843. The highest BCUT2D eigenvalue weighted by Crippen LogP contribution is 2.17. The van der Waals surface area contributed by atoms with Crippen LogP contribution in [0.3, 0.4) is 0 Å². The summed E-state index contributed by atoms with van der Waals surface area (Å²) >= 11 is 0. The van der Waals surface area contributed by atoms with Crippen LogP contribution in [0, 0.1) is 0 Å². The third-order valence-corrected chi connectivity index (χ3v) is 4.51. The lowest BCUT2D eigenvalue weighted by Gasteiger charge is -2.13. The largest absolute Gasteiger partial charge is 0.497 e. The minimum Gasteiger partial charge on any atom is -0.497 e. The number of ether oxygens (including phenoxy) is 1. The van der Waals surface area contributed by atoms with Crippen LogP contribution < -0.4 is 15.4 Å². The molecule has 142 valence electrons. The van der Waals surface area contributed by atoms with Gasteiger partial charge in [-0.05, 0) is 29.8 Å². The number of aryl methyl sites for hydroxylation is 1. The SMILES string of the molecule is COc1ccc(CN2C(=O)N[C@@H](CC(=O)NCc3cccn3C)C2=O)cc1. The summed E-state index contributed by atoms with van der Waals surface area (Å²) in [5.74, 6) is 0.00898. The molecule has 1 aliphatic heterocycles. The van der Waals surface area contributed by atoms with Gasteiger partial charge in [0.1, 0.15) is 11.8 Å². The number of nitrogens with one attached hydrogen (secondary N) is 2. The van der Waals surface area contributed by atoms with E-state index in [1.807, 2.05) is 29.9 Å². The van der Waals surface area contributed by atoms with Gasteiger partial charge in [0.15, 0.2) is 0 Å². The van der Waals surface area contributed by atoms with Crippen molar-refractivity contribution in [2.75, 3.05) is 7.11 Å². The fourth-order valence-corrected chi connectivity index (χ4v) is 2.91. The summed E-state index contributed by atoms with van der Waals surface area (Å²) in [6, 6.07) is 9.57. The van der Waals surface area contributed by atoms with E-state index in [2.05, 4.69) is 10.6 Å². The fraction of sp³-hybridized carbons (Fsp3) is 0.316. The van der Waals surface area contributed by atoms with E-state index in [4.69, 9.17) is 4.74 Å². The van der Waals surface area contributed by atoms with E-state index in [1.54, 1.807) is 31.4 Å². The molecule has 4 amide bonds. The number of hydrogen-bond donors (Lipinski definition) is 2. The lowest BCUT2D eigenvalue weighted by molar-refractivity contribution is -0.131. The van der Waals surface area contributed by atoms with Gasteiger partial charge in [-0.1, -0.05) is 12.1 Å². The molecule has 1 atom stereocenters. The van der Waals surface area contributed by atoms with Crippen molar-refractivity contribution in [3.8, 4) is 5.75 Å². The molecule has 8 heteroatoms. The molecule has 2 heterocycles. The molecule has 1 aromatic carbocycles. The van der Waals surface area contributed by atoms with Gasteiger partial charge < -0.3 is 19.9 Å². The summed E-state index contributed by atoms with van der Waals surface area (Å²) in [7, 11) is 3.46. The summed E-state index contributed by atoms with van der Waals surface area (Å²) in [4.78, 5) is 37.9. The molecule has 0 radical (unpaired) electrons. The zero-order chi connectivity index (χ0) is 19.4. The van der Waals surface area contributed by atoms with Crippen LogP contribution in [0.25, 0.3) is 0 Å². The summed E-state index contributed by atoms with van der Waals surface area (Å²) < 4.78 is 7.00. The molecule has 1 aromatic heterocycles. The predicted molar refractivity (Wildman–Crippen MR) is 97.7 cm³/mol. The predicted octanol–water partition coefficient (Wildman–Crippen LogP) is 1.16. The van der Waals surface area contributed by atoms with Gasteiger partial charge in [0, 0.05) is 18.9 Å². The summed E-state index contributed by atoms with van der Waals surface area (Å²) in [5, 5.41) is 5.35. The highest BCUT2D eigenvalue weighted by atomic mass is 16.5. The molecule has 3 rings (SSSR count). The summed E-state index contributed by atoms with van der Waals surface area (Å²) in [5.41, 5.74) is 1.75. The first kappa shape index (κ1) is 18.5. The molecular weight excluding hydrogens is 348 g/mol. The van der Waals surface area contributed by atoms with Gasteiger partial charge in [0.25, 0.3) is 5.91 Å². The number of urea groups is 1. The van der Waals surface area contributed by atoms with Crippen molar-refractivity contribution >= 4 is 17.8 Å². The number of aromatic nitrogens is 1. The fourth-order valence-electron chi connectivity index (χ4n) is 2.91. The molecule has 2 aromatic rings. The maximum absolute atomic E-state index is 12.5. The zero-order valence-corrected chi connectivity index (χ0v) is 15.3. The van der Waals surface area contributed by atoms with E-state index in [-0.39, 0.29) is 18.9 Å². The lowest BCUT2D eigenvalue weighted by Crippen LogP contribution is -2.36. The third-order valence-electron chi connectivity index (χ3n) is 4.51. The topological polar surface area (TPSA) is 92.7 Å². The number of carbonyl (C=O) groups is 3. The number of nitrogens with zero attached hydrogens (tertiary/aromatic N) is 2. The molecule has 2 N–H and O–H groups in total. The maximum Gasteiger partial charge on any atom is 0.325 e. The second-order valence-electron chi connectivity index (χ2n) is 6.37. The Morgan fingerprint density at radius 1 is 1.22 bits per heavy atom. The van der Waals surface area contributed by atoms with Gasteiger partial charge in [-0.25, -0.2) is 4.79 Å². The molecule has 0 saturated carbocycles. The Bertz CT molecular complexity index is 844. The first-order valence-electron chi connectivity index (χ1n) is 8.59. The lowest BCUT2D eigenvalue weighted by atomic mass is 10.1. The Morgan fingerprint density at radius 2 is 1.96 bits per heavy atom. The minimum absolute atomic E-state index is 0.0892. The number of imide groups is 1. The standard InChI is InChI=1S/C19H22N4O4/c1-22-9-3-4-14(22)11-20-17(24)10-16-18(25)23(19(26)21-16)12-13-5-7-15(27-2)8-6-13/h3-9,16H,10-12H2,1-2H3,(H,20,24)(H,21,26)/t16-/m0/s1. The number of amides is 4. The number of hydrogen-bond acceptors (Lipinski definition) is 4. The van der Waals surface area contributed by atoms with Crippen molar-refractivity contribution < 1.29 is 19.1 Å². The molecule has 1 aliphatic rings. The van der Waals surface area contributed by atoms with Crippen LogP contribution in [0.5, 0.6) is 5.75 Å². The van der Waals surface area contributed by atoms with Gasteiger partial charge in [0.2, 0.25) is 5.91 Å². The Kier molecular flexibility index (Phi) is 5.44. The quantitative estimate of drug-likeness (QED) is 0.716. The third kappa shape index (κ3) is 4.28. The van der Waals surface area contributed by atoms with Crippen LogP contribution in [0.4, 0.5) is 4.79 Å². The van der Waals surface area contributed by atoms with E-state index < -0.39 is 18.0 Å². The van der Waals surface area contributed by atoms with E-state index in [0.717, 1.165) is 16.2 Å². The molecule has 0 bridgehead atoms. The zero-order valence-electron chi connectivity index (χ0n) is 15.3. The Labute approximate surface area is 157 Å². The second-order valence-corrected chi connectivity index (χ2v) is 6.37. The highest BCUT2D eigenvalue weighted by Gasteiger charge is 2.38. The van der Waals surface area contributed by atoms with Gasteiger partial charge in [-0.2, -0.15) is 0 Å².